The quantitative estimate of drug-likeness (QED) is 0.853. The van der Waals surface area contributed by atoms with E-state index in [1.807, 2.05) is 31.2 Å². The van der Waals surface area contributed by atoms with Gasteiger partial charge in [-0.05, 0) is 44.2 Å². The molecule has 1 aliphatic carbocycles. The first-order chi connectivity index (χ1) is 8.65. The molecule has 1 saturated carbocycles. The zero-order valence-electron chi connectivity index (χ0n) is 11.1. The topological polar surface area (TPSA) is 38.3 Å². The molecular weight excluding hydrogens is 226 g/mol. The van der Waals surface area contributed by atoms with Crippen LogP contribution in [0, 0.1) is 12.8 Å². The minimum Gasteiger partial charge on any atom is -0.446 e. The van der Waals surface area contributed by atoms with Gasteiger partial charge in [-0.25, -0.2) is 4.79 Å². The first-order valence-corrected chi connectivity index (χ1v) is 6.69. The van der Waals surface area contributed by atoms with Crippen LogP contribution >= 0.6 is 0 Å². The van der Waals surface area contributed by atoms with Crippen molar-refractivity contribution in [1.29, 1.82) is 0 Å². The van der Waals surface area contributed by atoms with Crippen molar-refractivity contribution in [3.63, 3.8) is 0 Å². The predicted molar refractivity (Wildman–Crippen MR) is 72.7 cm³/mol. The minimum atomic E-state index is -0.336. The van der Waals surface area contributed by atoms with E-state index in [0.717, 1.165) is 24.9 Å². The van der Waals surface area contributed by atoms with Gasteiger partial charge in [-0.15, -0.1) is 0 Å². The number of aryl methyl sites for hydroxylation is 1. The van der Waals surface area contributed by atoms with Gasteiger partial charge < -0.3 is 4.74 Å². The number of ether oxygens (including phenoxy) is 1. The molecule has 3 heteroatoms. The molecule has 0 heterocycles. The Balaban J connectivity index is 1.86. The van der Waals surface area contributed by atoms with Crippen LogP contribution in [0.3, 0.4) is 0 Å². The Morgan fingerprint density at radius 2 is 1.89 bits per heavy atom. The molecule has 2 rings (SSSR count). The van der Waals surface area contributed by atoms with Crippen LogP contribution < -0.4 is 5.32 Å². The van der Waals surface area contributed by atoms with Gasteiger partial charge in [-0.3, -0.25) is 5.32 Å². The largest absolute Gasteiger partial charge is 0.446 e. The Hall–Kier alpha value is -1.51. The van der Waals surface area contributed by atoms with Crippen molar-refractivity contribution in [1.82, 2.24) is 0 Å². The monoisotopic (exact) mass is 247 g/mol. The highest BCUT2D eigenvalue weighted by Gasteiger charge is 2.24. The van der Waals surface area contributed by atoms with E-state index in [4.69, 9.17) is 4.74 Å². The lowest BCUT2D eigenvalue weighted by molar-refractivity contribution is 0.0524. The number of nitrogens with one attached hydrogen (secondary N) is 1. The van der Waals surface area contributed by atoms with Crippen molar-refractivity contribution >= 4 is 11.8 Å². The number of hydrogen-bond acceptors (Lipinski definition) is 2. The molecule has 0 bridgehead atoms. The van der Waals surface area contributed by atoms with E-state index in [0.29, 0.717) is 5.92 Å². The van der Waals surface area contributed by atoms with Crippen molar-refractivity contribution in [2.75, 3.05) is 5.32 Å². The Labute approximate surface area is 109 Å². The summed E-state index contributed by atoms with van der Waals surface area (Å²) >= 11 is 0. The average molecular weight is 247 g/mol. The van der Waals surface area contributed by atoms with E-state index >= 15 is 0 Å². The Kier molecular flexibility index (Phi) is 4.24. The van der Waals surface area contributed by atoms with Crippen LogP contribution in [0.1, 0.15) is 38.2 Å². The first kappa shape index (κ1) is 12.9. The number of hydrogen-bond donors (Lipinski definition) is 1. The third-order valence-electron chi connectivity index (χ3n) is 3.59. The summed E-state index contributed by atoms with van der Waals surface area (Å²) in [6, 6.07) is 7.72. The van der Waals surface area contributed by atoms with Crippen LogP contribution in [0.4, 0.5) is 10.5 Å². The van der Waals surface area contributed by atoms with Gasteiger partial charge >= 0.3 is 6.09 Å². The van der Waals surface area contributed by atoms with E-state index < -0.39 is 0 Å². The summed E-state index contributed by atoms with van der Waals surface area (Å²) < 4.78 is 5.49. The second-order valence-electron chi connectivity index (χ2n) is 5.20. The molecule has 0 radical (unpaired) electrons. The highest BCUT2D eigenvalue weighted by molar-refractivity contribution is 5.84. The maximum Gasteiger partial charge on any atom is 0.411 e. The van der Waals surface area contributed by atoms with Crippen LogP contribution in [0.15, 0.2) is 24.3 Å². The van der Waals surface area contributed by atoms with E-state index in [-0.39, 0.29) is 12.2 Å². The van der Waals surface area contributed by atoms with E-state index in [9.17, 15) is 4.79 Å². The fourth-order valence-corrected chi connectivity index (χ4v) is 2.38. The molecule has 0 aromatic heterocycles. The van der Waals surface area contributed by atoms with Gasteiger partial charge in [0, 0.05) is 5.69 Å². The minimum absolute atomic E-state index is 0.0733. The lowest BCUT2D eigenvalue weighted by Crippen LogP contribution is -2.30. The maximum absolute atomic E-state index is 11.8. The number of benzene rings is 1. The molecule has 2 atom stereocenters. The van der Waals surface area contributed by atoms with Gasteiger partial charge in [0.15, 0.2) is 0 Å². The SMILES string of the molecule is Cc1ccc(NC(=O)O[C@@H]2CCCC[C@@H]2C)cc1. The normalized spacial score (nSPS) is 23.4. The third-order valence-corrected chi connectivity index (χ3v) is 3.59. The molecule has 1 N–H and O–H groups in total. The van der Waals surface area contributed by atoms with Crippen molar-refractivity contribution in [3.8, 4) is 0 Å². The zero-order valence-corrected chi connectivity index (χ0v) is 11.1. The standard InChI is InChI=1S/C15H21NO2/c1-11-7-9-13(10-8-11)16-15(17)18-14-6-4-3-5-12(14)2/h7-10,12,14H,3-6H2,1-2H3,(H,16,17)/t12-,14+/m0/s1. The molecule has 1 fully saturated rings. The van der Waals surface area contributed by atoms with Crippen LogP contribution in [0.25, 0.3) is 0 Å². The molecule has 98 valence electrons. The smallest absolute Gasteiger partial charge is 0.411 e. The van der Waals surface area contributed by atoms with Gasteiger partial charge in [-0.1, -0.05) is 31.0 Å². The molecule has 0 aliphatic heterocycles. The van der Waals surface area contributed by atoms with E-state index in [1.54, 1.807) is 0 Å². The van der Waals surface area contributed by atoms with Gasteiger partial charge in [0.2, 0.25) is 0 Å². The number of amides is 1. The second kappa shape index (κ2) is 5.89. The van der Waals surface area contributed by atoms with Crippen molar-refractivity contribution in [2.45, 2.75) is 45.6 Å². The Morgan fingerprint density at radius 1 is 1.22 bits per heavy atom. The summed E-state index contributed by atoms with van der Waals surface area (Å²) in [4.78, 5) is 11.8. The Morgan fingerprint density at radius 3 is 2.56 bits per heavy atom. The molecule has 3 nitrogen and oxygen atoms in total. The van der Waals surface area contributed by atoms with Gasteiger partial charge in [-0.2, -0.15) is 0 Å². The van der Waals surface area contributed by atoms with Crippen molar-refractivity contribution in [2.24, 2.45) is 5.92 Å². The summed E-state index contributed by atoms with van der Waals surface area (Å²) in [5.41, 5.74) is 1.96. The van der Waals surface area contributed by atoms with Gasteiger partial charge in [0.05, 0.1) is 0 Å². The summed E-state index contributed by atoms with van der Waals surface area (Å²) in [5, 5.41) is 2.78. The third kappa shape index (κ3) is 3.49. The molecule has 0 saturated heterocycles. The molecule has 0 unspecified atom stereocenters. The van der Waals surface area contributed by atoms with Crippen LogP contribution in [-0.2, 0) is 4.74 Å². The summed E-state index contributed by atoms with van der Waals surface area (Å²) in [5.74, 6) is 0.475. The summed E-state index contributed by atoms with van der Waals surface area (Å²) in [7, 11) is 0. The zero-order chi connectivity index (χ0) is 13.0. The lowest BCUT2D eigenvalue weighted by Gasteiger charge is -2.28. The van der Waals surface area contributed by atoms with Gasteiger partial charge in [0.1, 0.15) is 6.10 Å². The first-order valence-electron chi connectivity index (χ1n) is 6.69. The van der Waals surface area contributed by atoms with Crippen molar-refractivity contribution < 1.29 is 9.53 Å². The summed E-state index contributed by atoms with van der Waals surface area (Å²) in [6.45, 7) is 4.18. The molecular formula is C15H21NO2. The second-order valence-corrected chi connectivity index (χ2v) is 5.20. The maximum atomic E-state index is 11.8. The highest BCUT2D eigenvalue weighted by atomic mass is 16.6. The molecule has 1 aromatic rings. The number of rotatable bonds is 2. The fraction of sp³-hybridized carbons (Fsp3) is 0.533. The van der Waals surface area contributed by atoms with E-state index in [1.165, 1.54) is 12.0 Å². The van der Waals surface area contributed by atoms with Crippen LogP contribution in [-0.4, -0.2) is 12.2 Å². The number of anilines is 1. The predicted octanol–water partition coefficient (Wildman–Crippen LogP) is 4.12. The number of carbonyl (C=O) groups is 1. The van der Waals surface area contributed by atoms with Gasteiger partial charge in [0.25, 0.3) is 0 Å². The Bertz CT molecular complexity index is 399. The van der Waals surface area contributed by atoms with Crippen molar-refractivity contribution in [3.05, 3.63) is 29.8 Å². The molecule has 1 aliphatic rings. The van der Waals surface area contributed by atoms with Crippen LogP contribution in [0.2, 0.25) is 0 Å². The van der Waals surface area contributed by atoms with E-state index in [2.05, 4.69) is 12.2 Å². The molecule has 18 heavy (non-hydrogen) atoms. The fourth-order valence-electron chi connectivity index (χ4n) is 2.38. The molecule has 1 amide bonds. The summed E-state index contributed by atoms with van der Waals surface area (Å²) in [6.07, 6.45) is 4.29. The number of carbonyl (C=O) groups excluding carboxylic acids is 1. The lowest BCUT2D eigenvalue weighted by atomic mass is 9.88. The van der Waals surface area contributed by atoms with Crippen LogP contribution in [0.5, 0.6) is 0 Å². The highest BCUT2D eigenvalue weighted by Crippen LogP contribution is 2.26. The molecule has 0 spiro atoms. The average Bonchev–Trinajstić information content (AvgIpc) is 2.35. The molecule has 1 aromatic carbocycles.